The van der Waals surface area contributed by atoms with Crippen molar-refractivity contribution in [2.24, 2.45) is 0 Å². The first kappa shape index (κ1) is 20.3. The first-order chi connectivity index (χ1) is 15.7. The number of thioether (sulfide) groups is 1. The number of nitrogens with one attached hydrogen (secondary N) is 1. The summed E-state index contributed by atoms with van der Waals surface area (Å²) < 4.78 is 11.1. The van der Waals surface area contributed by atoms with Crippen LogP contribution in [0.4, 0.5) is 5.69 Å². The van der Waals surface area contributed by atoms with E-state index in [1.165, 1.54) is 11.8 Å². The molecule has 1 aliphatic rings. The molecule has 1 aromatic heterocycles. The van der Waals surface area contributed by atoms with E-state index in [0.29, 0.717) is 30.4 Å². The number of nitrogens with zero attached hydrogens (tertiary/aromatic N) is 2. The molecule has 0 aliphatic carbocycles. The van der Waals surface area contributed by atoms with Crippen molar-refractivity contribution in [3.8, 4) is 22.8 Å². The van der Waals surface area contributed by atoms with Crippen molar-refractivity contribution in [2.45, 2.75) is 17.2 Å². The number of rotatable bonds is 5. The lowest BCUT2D eigenvalue weighted by Gasteiger charge is -2.19. The highest BCUT2D eigenvalue weighted by Crippen LogP contribution is 2.35. The number of anilines is 1. The first-order valence-electron chi connectivity index (χ1n) is 10.4. The smallest absolute Gasteiger partial charge is 0.237 e. The maximum absolute atomic E-state index is 12.9. The van der Waals surface area contributed by atoms with Crippen LogP contribution in [0.15, 0.2) is 77.8 Å². The van der Waals surface area contributed by atoms with Gasteiger partial charge in [-0.3, -0.25) is 4.79 Å². The van der Waals surface area contributed by atoms with Crippen LogP contribution in [0, 0.1) is 0 Å². The summed E-state index contributed by atoms with van der Waals surface area (Å²) >= 11 is 1.39. The zero-order valence-electron chi connectivity index (χ0n) is 17.4. The highest BCUT2D eigenvalue weighted by Gasteiger charge is 2.20. The molecule has 4 aromatic rings. The summed E-state index contributed by atoms with van der Waals surface area (Å²) in [5.74, 6) is 1.21. The average molecular weight is 444 g/mol. The second kappa shape index (κ2) is 8.88. The van der Waals surface area contributed by atoms with Crippen LogP contribution in [0.2, 0.25) is 0 Å². The van der Waals surface area contributed by atoms with Gasteiger partial charge in [0.25, 0.3) is 0 Å². The number of benzene rings is 3. The molecule has 0 saturated carbocycles. The van der Waals surface area contributed by atoms with E-state index in [4.69, 9.17) is 9.47 Å². The quantitative estimate of drug-likeness (QED) is 0.428. The molecular weight excluding hydrogens is 422 g/mol. The van der Waals surface area contributed by atoms with Crippen LogP contribution in [-0.2, 0) is 4.79 Å². The molecule has 6 nitrogen and oxygen atoms in total. The van der Waals surface area contributed by atoms with Gasteiger partial charge in [0.15, 0.2) is 11.5 Å². The summed E-state index contributed by atoms with van der Waals surface area (Å²) in [5, 5.41) is 14.3. The third kappa shape index (κ3) is 4.11. The van der Waals surface area contributed by atoms with Crippen LogP contribution < -0.4 is 14.8 Å². The maximum Gasteiger partial charge on any atom is 0.237 e. The van der Waals surface area contributed by atoms with Gasteiger partial charge in [0.05, 0.1) is 5.25 Å². The molecule has 32 heavy (non-hydrogen) atoms. The summed E-state index contributed by atoms with van der Waals surface area (Å²) in [7, 11) is 0. The summed E-state index contributed by atoms with van der Waals surface area (Å²) in [5.41, 5.74) is 2.51. The van der Waals surface area contributed by atoms with Crippen molar-refractivity contribution in [2.75, 3.05) is 18.5 Å². The molecule has 5 rings (SSSR count). The number of aromatic nitrogens is 2. The van der Waals surface area contributed by atoms with E-state index in [0.717, 1.165) is 27.1 Å². The molecule has 1 amide bonds. The highest BCUT2D eigenvalue weighted by molar-refractivity contribution is 8.00. The van der Waals surface area contributed by atoms with Crippen molar-refractivity contribution in [1.29, 1.82) is 0 Å². The van der Waals surface area contributed by atoms with Crippen LogP contribution in [0.3, 0.4) is 0 Å². The fourth-order valence-corrected chi connectivity index (χ4v) is 4.46. The van der Waals surface area contributed by atoms with Gasteiger partial charge in [-0.15, -0.1) is 10.2 Å². The van der Waals surface area contributed by atoms with Gasteiger partial charge in [-0.2, -0.15) is 0 Å². The highest BCUT2D eigenvalue weighted by atomic mass is 32.2. The Labute approximate surface area is 190 Å². The SMILES string of the molecule is C[C@@H](Sc1nnc(-c2ccccc2)c2ccccc12)C(=O)Nc1ccc2c(c1)OCCO2. The number of fused-ring (bicyclic) bond motifs is 2. The molecule has 0 saturated heterocycles. The molecule has 1 N–H and O–H groups in total. The third-order valence-electron chi connectivity index (χ3n) is 5.17. The molecule has 1 aliphatic heterocycles. The van der Waals surface area contributed by atoms with Crippen molar-refractivity contribution in [3.63, 3.8) is 0 Å². The van der Waals surface area contributed by atoms with Gasteiger partial charge in [0, 0.05) is 28.1 Å². The van der Waals surface area contributed by atoms with E-state index in [-0.39, 0.29) is 11.2 Å². The van der Waals surface area contributed by atoms with E-state index in [1.807, 2.05) is 73.7 Å². The number of ether oxygens (including phenoxy) is 2. The average Bonchev–Trinajstić information content (AvgIpc) is 2.84. The first-order valence-corrected chi connectivity index (χ1v) is 11.2. The summed E-state index contributed by atoms with van der Waals surface area (Å²) in [4.78, 5) is 12.9. The zero-order chi connectivity index (χ0) is 21.9. The van der Waals surface area contributed by atoms with Gasteiger partial charge in [-0.1, -0.05) is 66.4 Å². The number of carbonyl (C=O) groups excluding carboxylic acids is 1. The predicted molar refractivity (Wildman–Crippen MR) is 126 cm³/mol. The molecular formula is C25H21N3O3S. The Morgan fingerprint density at radius 3 is 2.44 bits per heavy atom. The monoisotopic (exact) mass is 443 g/mol. The van der Waals surface area contributed by atoms with Crippen LogP contribution in [0.5, 0.6) is 11.5 Å². The van der Waals surface area contributed by atoms with Crippen molar-refractivity contribution in [1.82, 2.24) is 10.2 Å². The van der Waals surface area contributed by atoms with Crippen molar-refractivity contribution in [3.05, 3.63) is 72.8 Å². The molecule has 0 radical (unpaired) electrons. The normalized spacial score (nSPS) is 13.5. The van der Waals surface area contributed by atoms with Crippen LogP contribution >= 0.6 is 11.8 Å². The second-order valence-electron chi connectivity index (χ2n) is 7.37. The fraction of sp³-hybridized carbons (Fsp3) is 0.160. The molecule has 0 unspecified atom stereocenters. The Bertz CT molecular complexity index is 1280. The minimum absolute atomic E-state index is 0.121. The summed E-state index contributed by atoms with van der Waals surface area (Å²) in [6.45, 7) is 2.89. The zero-order valence-corrected chi connectivity index (χ0v) is 18.3. The standard InChI is InChI=1S/C25H21N3O3S/c1-16(24(29)26-18-11-12-21-22(15-18)31-14-13-30-21)32-25-20-10-6-5-9-19(20)23(27-28-25)17-7-3-2-4-8-17/h2-12,15-16H,13-14H2,1H3,(H,26,29)/t16-/m1/s1. The summed E-state index contributed by atoms with van der Waals surface area (Å²) in [6, 6.07) is 23.4. The number of hydrogen-bond donors (Lipinski definition) is 1. The Balaban J connectivity index is 1.37. The third-order valence-corrected chi connectivity index (χ3v) is 6.26. The second-order valence-corrected chi connectivity index (χ2v) is 8.70. The molecule has 0 spiro atoms. The van der Waals surface area contributed by atoms with E-state index in [9.17, 15) is 4.79 Å². The molecule has 0 fully saturated rings. The predicted octanol–water partition coefficient (Wildman–Crippen LogP) is 5.19. The largest absolute Gasteiger partial charge is 0.486 e. The lowest BCUT2D eigenvalue weighted by molar-refractivity contribution is -0.115. The Hall–Kier alpha value is -3.58. The van der Waals surface area contributed by atoms with Gasteiger partial charge in [0.2, 0.25) is 5.91 Å². The van der Waals surface area contributed by atoms with Gasteiger partial charge < -0.3 is 14.8 Å². The van der Waals surface area contributed by atoms with Gasteiger partial charge in [-0.25, -0.2) is 0 Å². The van der Waals surface area contributed by atoms with E-state index in [1.54, 1.807) is 6.07 Å². The molecule has 3 aromatic carbocycles. The number of hydrogen-bond acceptors (Lipinski definition) is 6. The minimum Gasteiger partial charge on any atom is -0.486 e. The van der Waals surface area contributed by atoms with Crippen LogP contribution in [0.25, 0.3) is 22.0 Å². The van der Waals surface area contributed by atoms with Crippen LogP contribution in [-0.4, -0.2) is 34.6 Å². The van der Waals surface area contributed by atoms with E-state index < -0.39 is 0 Å². The summed E-state index contributed by atoms with van der Waals surface area (Å²) in [6.07, 6.45) is 0. The molecule has 2 heterocycles. The molecule has 0 bridgehead atoms. The Morgan fingerprint density at radius 1 is 0.906 bits per heavy atom. The molecule has 1 atom stereocenters. The number of amides is 1. The van der Waals surface area contributed by atoms with Gasteiger partial charge in [0.1, 0.15) is 23.9 Å². The maximum atomic E-state index is 12.9. The molecule has 160 valence electrons. The van der Waals surface area contributed by atoms with Gasteiger partial charge >= 0.3 is 0 Å². The van der Waals surface area contributed by atoms with Crippen molar-refractivity contribution < 1.29 is 14.3 Å². The van der Waals surface area contributed by atoms with Crippen molar-refractivity contribution >= 4 is 34.1 Å². The number of carbonyl (C=O) groups is 1. The van der Waals surface area contributed by atoms with E-state index >= 15 is 0 Å². The topological polar surface area (TPSA) is 73.3 Å². The fourth-order valence-electron chi connectivity index (χ4n) is 3.56. The lowest BCUT2D eigenvalue weighted by atomic mass is 10.1. The molecule has 7 heteroatoms. The lowest BCUT2D eigenvalue weighted by Crippen LogP contribution is -2.23. The van der Waals surface area contributed by atoms with Gasteiger partial charge in [-0.05, 0) is 19.1 Å². The Morgan fingerprint density at radius 2 is 1.62 bits per heavy atom. The van der Waals surface area contributed by atoms with Crippen LogP contribution in [0.1, 0.15) is 6.92 Å². The Kier molecular flexibility index (Phi) is 5.64. The minimum atomic E-state index is -0.372. The van der Waals surface area contributed by atoms with E-state index in [2.05, 4.69) is 15.5 Å².